The number of likely N-dealkylation sites (tertiary alicyclic amines) is 1. The molecule has 3 unspecified atom stereocenters. The number of fused-ring (bicyclic) bond motifs is 3. The monoisotopic (exact) mass is 395 g/mol. The highest BCUT2D eigenvalue weighted by molar-refractivity contribution is 5.95. The average molecular weight is 395 g/mol. The Bertz CT molecular complexity index is 928. The lowest BCUT2D eigenvalue weighted by Crippen LogP contribution is -2.37. The van der Waals surface area contributed by atoms with E-state index in [0.29, 0.717) is 18.7 Å². The maximum Gasteiger partial charge on any atom is 0.407 e. The van der Waals surface area contributed by atoms with E-state index in [1.807, 2.05) is 43.3 Å². The van der Waals surface area contributed by atoms with Gasteiger partial charge in [-0.05, 0) is 54.8 Å². The van der Waals surface area contributed by atoms with E-state index < -0.39 is 6.09 Å². The Morgan fingerprint density at radius 1 is 1.24 bits per heavy atom. The molecule has 0 aliphatic carbocycles. The maximum atomic E-state index is 12.1. The van der Waals surface area contributed by atoms with Crippen molar-refractivity contribution in [3.63, 3.8) is 0 Å². The summed E-state index contributed by atoms with van der Waals surface area (Å²) < 4.78 is 5.54. The van der Waals surface area contributed by atoms with Gasteiger partial charge in [0.2, 0.25) is 0 Å². The van der Waals surface area contributed by atoms with Gasteiger partial charge in [-0.3, -0.25) is 4.79 Å². The minimum Gasteiger partial charge on any atom is -0.494 e. The van der Waals surface area contributed by atoms with Crippen LogP contribution in [0, 0.1) is 5.92 Å². The number of anilines is 1. The molecule has 3 atom stereocenters. The molecule has 4 rings (SSSR count). The molecule has 0 saturated carbocycles. The number of nitrogens with one attached hydrogen (secondary N) is 2. The summed E-state index contributed by atoms with van der Waals surface area (Å²) in [4.78, 5) is 25.5. The number of rotatable bonds is 4. The van der Waals surface area contributed by atoms with E-state index in [1.165, 1.54) is 4.90 Å². The summed E-state index contributed by atoms with van der Waals surface area (Å²) in [5, 5.41) is 16.0. The van der Waals surface area contributed by atoms with Crippen LogP contribution in [0.25, 0.3) is 0 Å². The first-order chi connectivity index (χ1) is 14.0. The molecule has 2 heterocycles. The van der Waals surface area contributed by atoms with Crippen molar-refractivity contribution in [3.05, 3.63) is 59.2 Å². The fourth-order valence-electron chi connectivity index (χ4n) is 4.55. The summed E-state index contributed by atoms with van der Waals surface area (Å²) >= 11 is 0. The minimum atomic E-state index is -0.930. The summed E-state index contributed by atoms with van der Waals surface area (Å²) in [7, 11) is 1.59. The van der Waals surface area contributed by atoms with Crippen molar-refractivity contribution < 1.29 is 19.4 Å². The van der Waals surface area contributed by atoms with Crippen molar-refractivity contribution in [1.82, 2.24) is 10.2 Å². The SMILES string of the molecule is CCOc1ccc(C2Nc3ccc(C(=O)NC)cc3C3C2CCN3C(=O)O)cc1. The summed E-state index contributed by atoms with van der Waals surface area (Å²) in [6.07, 6.45) is -0.174. The molecular weight excluding hydrogens is 370 g/mol. The lowest BCUT2D eigenvalue weighted by atomic mass is 9.79. The van der Waals surface area contributed by atoms with Crippen LogP contribution in [-0.2, 0) is 0 Å². The number of carboxylic acid groups (broad SMARTS) is 1. The van der Waals surface area contributed by atoms with Crippen LogP contribution in [0.3, 0.4) is 0 Å². The predicted molar refractivity (Wildman–Crippen MR) is 109 cm³/mol. The highest BCUT2D eigenvalue weighted by Gasteiger charge is 2.46. The first-order valence-corrected chi connectivity index (χ1v) is 9.88. The number of carbonyl (C=O) groups is 2. The van der Waals surface area contributed by atoms with E-state index in [-0.39, 0.29) is 23.9 Å². The zero-order valence-electron chi connectivity index (χ0n) is 16.5. The molecule has 3 N–H and O–H groups in total. The van der Waals surface area contributed by atoms with Crippen molar-refractivity contribution in [2.75, 3.05) is 25.5 Å². The van der Waals surface area contributed by atoms with E-state index in [4.69, 9.17) is 4.74 Å². The molecule has 7 nitrogen and oxygen atoms in total. The van der Waals surface area contributed by atoms with Gasteiger partial charge >= 0.3 is 6.09 Å². The number of hydrogen-bond donors (Lipinski definition) is 3. The zero-order valence-corrected chi connectivity index (χ0v) is 16.5. The first-order valence-electron chi connectivity index (χ1n) is 9.88. The van der Waals surface area contributed by atoms with Crippen LogP contribution in [-0.4, -0.2) is 42.2 Å². The van der Waals surface area contributed by atoms with Gasteiger partial charge in [0.1, 0.15) is 5.75 Å². The second-order valence-electron chi connectivity index (χ2n) is 7.38. The Morgan fingerprint density at radius 2 is 2.00 bits per heavy atom. The summed E-state index contributed by atoms with van der Waals surface area (Å²) in [6, 6.07) is 13.1. The molecule has 0 spiro atoms. The second kappa shape index (κ2) is 7.66. The van der Waals surface area contributed by atoms with Crippen molar-refractivity contribution in [1.29, 1.82) is 0 Å². The molecule has 1 saturated heterocycles. The van der Waals surface area contributed by atoms with Gasteiger partial charge in [-0.1, -0.05) is 12.1 Å². The predicted octanol–water partition coefficient (Wildman–Crippen LogP) is 3.65. The van der Waals surface area contributed by atoms with Crippen molar-refractivity contribution >= 4 is 17.7 Å². The normalized spacial score (nSPS) is 22.3. The Morgan fingerprint density at radius 3 is 2.66 bits per heavy atom. The van der Waals surface area contributed by atoms with Gasteiger partial charge in [0.05, 0.1) is 18.7 Å². The lowest BCUT2D eigenvalue weighted by molar-refractivity contribution is 0.0963. The number of hydrogen-bond acceptors (Lipinski definition) is 4. The second-order valence-corrected chi connectivity index (χ2v) is 7.38. The number of carbonyl (C=O) groups excluding carboxylic acids is 1. The highest BCUT2D eigenvalue weighted by atomic mass is 16.5. The van der Waals surface area contributed by atoms with Crippen LogP contribution in [0.15, 0.2) is 42.5 Å². The Hall–Kier alpha value is -3.22. The fourth-order valence-corrected chi connectivity index (χ4v) is 4.55. The van der Waals surface area contributed by atoms with Crippen LogP contribution in [0.5, 0.6) is 5.75 Å². The van der Waals surface area contributed by atoms with Crippen LogP contribution in [0.2, 0.25) is 0 Å². The molecule has 2 aliphatic rings. The molecule has 29 heavy (non-hydrogen) atoms. The molecule has 152 valence electrons. The highest BCUT2D eigenvalue weighted by Crippen LogP contribution is 2.51. The smallest absolute Gasteiger partial charge is 0.407 e. The van der Waals surface area contributed by atoms with Crippen LogP contribution in [0.4, 0.5) is 10.5 Å². The summed E-state index contributed by atoms with van der Waals surface area (Å²) in [5.74, 6) is 0.715. The minimum absolute atomic E-state index is 0.0154. The van der Waals surface area contributed by atoms with Crippen molar-refractivity contribution in [3.8, 4) is 5.75 Å². The van der Waals surface area contributed by atoms with Gasteiger partial charge in [-0.2, -0.15) is 0 Å². The molecule has 2 amide bonds. The Kier molecular flexibility index (Phi) is 5.05. The van der Waals surface area contributed by atoms with Gasteiger partial charge in [0.15, 0.2) is 0 Å². The quantitative estimate of drug-likeness (QED) is 0.735. The largest absolute Gasteiger partial charge is 0.494 e. The standard InChI is InChI=1S/C22H25N3O4/c1-3-29-15-7-4-13(5-8-15)19-16-10-11-25(22(27)28)20(16)17-12-14(21(26)23-2)6-9-18(17)24-19/h4-9,12,16,19-20,24H,3,10-11H2,1-2H3,(H,23,26)(H,27,28). The molecule has 1 fully saturated rings. The third-order valence-corrected chi connectivity index (χ3v) is 5.84. The van der Waals surface area contributed by atoms with Gasteiger partial charge < -0.3 is 25.4 Å². The molecular formula is C22H25N3O4. The van der Waals surface area contributed by atoms with E-state index in [9.17, 15) is 14.7 Å². The first kappa shape index (κ1) is 19.1. The molecule has 2 aliphatic heterocycles. The topological polar surface area (TPSA) is 90.9 Å². The van der Waals surface area contributed by atoms with Gasteiger partial charge in [-0.25, -0.2) is 4.79 Å². The number of amides is 2. The third-order valence-electron chi connectivity index (χ3n) is 5.84. The van der Waals surface area contributed by atoms with Gasteiger partial charge in [0, 0.05) is 30.8 Å². The Balaban J connectivity index is 1.74. The van der Waals surface area contributed by atoms with Gasteiger partial charge in [-0.15, -0.1) is 0 Å². The summed E-state index contributed by atoms with van der Waals surface area (Å²) in [5.41, 5.74) is 3.35. The molecule has 7 heteroatoms. The van der Waals surface area contributed by atoms with Crippen molar-refractivity contribution in [2.45, 2.75) is 25.4 Å². The van der Waals surface area contributed by atoms with E-state index in [2.05, 4.69) is 10.6 Å². The van der Waals surface area contributed by atoms with Gasteiger partial charge in [0.25, 0.3) is 5.91 Å². The number of benzene rings is 2. The average Bonchev–Trinajstić information content (AvgIpc) is 3.19. The number of nitrogens with zero attached hydrogens (tertiary/aromatic N) is 1. The van der Waals surface area contributed by atoms with Crippen LogP contribution < -0.4 is 15.4 Å². The van der Waals surface area contributed by atoms with Crippen LogP contribution >= 0.6 is 0 Å². The van der Waals surface area contributed by atoms with E-state index in [0.717, 1.165) is 29.0 Å². The van der Waals surface area contributed by atoms with E-state index >= 15 is 0 Å². The molecule has 2 aromatic carbocycles. The van der Waals surface area contributed by atoms with E-state index in [1.54, 1.807) is 13.1 Å². The maximum absolute atomic E-state index is 12.1. The number of ether oxygens (including phenoxy) is 1. The zero-order chi connectivity index (χ0) is 20.5. The van der Waals surface area contributed by atoms with Crippen LogP contribution in [0.1, 0.15) is 46.9 Å². The Labute approximate surface area is 169 Å². The molecule has 0 aromatic heterocycles. The molecule has 0 radical (unpaired) electrons. The molecule has 0 bridgehead atoms. The third kappa shape index (κ3) is 3.37. The summed E-state index contributed by atoms with van der Waals surface area (Å²) in [6.45, 7) is 3.04. The van der Waals surface area contributed by atoms with Crippen molar-refractivity contribution in [2.24, 2.45) is 5.92 Å². The molecule has 2 aromatic rings. The fraction of sp³-hybridized carbons (Fsp3) is 0.364. The lowest BCUT2D eigenvalue weighted by Gasteiger charge is -2.39.